The molecule has 0 bridgehead atoms. The van der Waals surface area contributed by atoms with Crippen LogP contribution in [0.5, 0.6) is 17.2 Å². The van der Waals surface area contributed by atoms with Crippen LogP contribution in [0.4, 0.5) is 0 Å². The van der Waals surface area contributed by atoms with E-state index in [1.54, 1.807) is 0 Å². The third kappa shape index (κ3) is 1.57. The zero-order valence-corrected chi connectivity index (χ0v) is 6.81. The van der Waals surface area contributed by atoms with E-state index >= 15 is 0 Å². The summed E-state index contributed by atoms with van der Waals surface area (Å²) in [7, 11) is 0. The fourth-order valence-electron chi connectivity index (χ4n) is 0.950. The van der Waals surface area contributed by atoms with Crippen molar-refractivity contribution >= 4 is 0 Å². The number of rotatable bonds is 2. The van der Waals surface area contributed by atoms with Crippen LogP contribution in [0, 0.1) is 0 Å². The van der Waals surface area contributed by atoms with E-state index < -0.39 is 23.4 Å². The number of aliphatic hydroxyl groups is 1. The van der Waals surface area contributed by atoms with E-state index in [1.165, 1.54) is 18.2 Å². The second-order valence-electron chi connectivity index (χ2n) is 2.55. The average molecular weight is 182 g/mol. The number of benzene rings is 1. The van der Waals surface area contributed by atoms with E-state index in [2.05, 4.69) is 6.58 Å². The summed E-state index contributed by atoms with van der Waals surface area (Å²) in [5.74, 6) is -1.61. The van der Waals surface area contributed by atoms with Crippen LogP contribution in [-0.4, -0.2) is 20.4 Å². The molecule has 1 aromatic carbocycles. The van der Waals surface area contributed by atoms with Crippen molar-refractivity contribution in [2.45, 2.75) is 6.10 Å². The summed E-state index contributed by atoms with van der Waals surface area (Å²) in [4.78, 5) is 0. The third-order valence-corrected chi connectivity index (χ3v) is 1.70. The van der Waals surface area contributed by atoms with Gasteiger partial charge in [-0.25, -0.2) is 0 Å². The molecule has 0 radical (unpaired) electrons. The van der Waals surface area contributed by atoms with Gasteiger partial charge in [-0.05, 0) is 12.1 Å². The normalized spacial score (nSPS) is 12.4. The van der Waals surface area contributed by atoms with Crippen LogP contribution >= 0.6 is 0 Å². The maximum Gasteiger partial charge on any atom is 0.200 e. The molecule has 0 amide bonds. The zero-order chi connectivity index (χ0) is 10.0. The Morgan fingerprint density at radius 1 is 1.15 bits per heavy atom. The Bertz CT molecular complexity index is 333. The van der Waals surface area contributed by atoms with Crippen molar-refractivity contribution in [2.24, 2.45) is 0 Å². The Kier molecular flexibility index (Phi) is 2.44. The average Bonchev–Trinajstić information content (AvgIpc) is 2.13. The van der Waals surface area contributed by atoms with Crippen molar-refractivity contribution in [3.05, 3.63) is 30.4 Å². The Hall–Kier alpha value is -1.68. The Morgan fingerprint density at radius 2 is 1.77 bits per heavy atom. The second-order valence-corrected chi connectivity index (χ2v) is 2.55. The monoisotopic (exact) mass is 182 g/mol. The lowest BCUT2D eigenvalue weighted by Crippen LogP contribution is -1.92. The molecular weight excluding hydrogens is 172 g/mol. The molecule has 1 aromatic rings. The highest BCUT2D eigenvalue weighted by Crippen LogP contribution is 2.39. The molecule has 0 aliphatic carbocycles. The smallest absolute Gasteiger partial charge is 0.200 e. The Balaban J connectivity index is 3.25. The number of aliphatic hydroxyl groups excluding tert-OH is 1. The summed E-state index contributed by atoms with van der Waals surface area (Å²) >= 11 is 0. The van der Waals surface area contributed by atoms with Gasteiger partial charge in [-0.2, -0.15) is 0 Å². The quantitative estimate of drug-likeness (QED) is 0.406. The Labute approximate surface area is 75.0 Å². The molecule has 0 aliphatic rings. The van der Waals surface area contributed by atoms with Crippen molar-refractivity contribution < 1.29 is 20.4 Å². The molecule has 70 valence electrons. The number of aromatic hydroxyl groups is 3. The molecule has 0 spiro atoms. The first-order valence-corrected chi connectivity index (χ1v) is 3.62. The minimum atomic E-state index is -1.06. The van der Waals surface area contributed by atoms with Gasteiger partial charge in [-0.1, -0.05) is 6.08 Å². The van der Waals surface area contributed by atoms with Crippen LogP contribution in [0.1, 0.15) is 11.7 Å². The molecule has 0 saturated heterocycles. The standard InChI is InChI=1S/C9H10O4/c1-2-6(10)5-3-4-7(11)9(13)8(5)12/h2-4,6,10-13H,1H2. The Morgan fingerprint density at radius 3 is 2.31 bits per heavy atom. The van der Waals surface area contributed by atoms with Crippen molar-refractivity contribution in [3.63, 3.8) is 0 Å². The van der Waals surface area contributed by atoms with Gasteiger partial charge < -0.3 is 20.4 Å². The van der Waals surface area contributed by atoms with Crippen LogP contribution in [0.2, 0.25) is 0 Å². The first-order chi connectivity index (χ1) is 6.07. The van der Waals surface area contributed by atoms with Crippen molar-refractivity contribution in [1.29, 1.82) is 0 Å². The van der Waals surface area contributed by atoms with Gasteiger partial charge in [0.2, 0.25) is 5.75 Å². The van der Waals surface area contributed by atoms with Crippen LogP contribution < -0.4 is 0 Å². The molecule has 1 unspecified atom stereocenters. The lowest BCUT2D eigenvalue weighted by molar-refractivity contribution is 0.222. The highest BCUT2D eigenvalue weighted by Gasteiger charge is 2.14. The van der Waals surface area contributed by atoms with Crippen LogP contribution in [0.25, 0.3) is 0 Å². The number of phenolic OH excluding ortho intramolecular Hbond substituents is 3. The van der Waals surface area contributed by atoms with E-state index in [-0.39, 0.29) is 5.56 Å². The summed E-state index contributed by atoms with van der Waals surface area (Å²) < 4.78 is 0. The zero-order valence-electron chi connectivity index (χ0n) is 6.81. The maximum atomic E-state index is 9.26. The van der Waals surface area contributed by atoms with Crippen LogP contribution in [0.15, 0.2) is 24.8 Å². The van der Waals surface area contributed by atoms with E-state index in [9.17, 15) is 10.2 Å². The lowest BCUT2D eigenvalue weighted by Gasteiger charge is -2.09. The molecule has 4 heteroatoms. The van der Waals surface area contributed by atoms with Gasteiger partial charge in [0.15, 0.2) is 11.5 Å². The van der Waals surface area contributed by atoms with Gasteiger partial charge in [-0.3, -0.25) is 0 Å². The third-order valence-electron chi connectivity index (χ3n) is 1.70. The second kappa shape index (κ2) is 3.37. The fourth-order valence-corrected chi connectivity index (χ4v) is 0.950. The van der Waals surface area contributed by atoms with Crippen molar-refractivity contribution in [3.8, 4) is 17.2 Å². The molecule has 4 nitrogen and oxygen atoms in total. The van der Waals surface area contributed by atoms with Crippen molar-refractivity contribution in [2.75, 3.05) is 0 Å². The van der Waals surface area contributed by atoms with E-state index in [1.807, 2.05) is 0 Å². The fraction of sp³-hybridized carbons (Fsp3) is 0.111. The molecule has 0 aromatic heterocycles. The van der Waals surface area contributed by atoms with Crippen LogP contribution in [0.3, 0.4) is 0 Å². The highest BCUT2D eigenvalue weighted by atomic mass is 16.3. The number of hydrogen-bond donors (Lipinski definition) is 4. The molecule has 0 saturated carbocycles. The molecular formula is C9H10O4. The van der Waals surface area contributed by atoms with Gasteiger partial charge in [0, 0.05) is 5.56 Å². The van der Waals surface area contributed by atoms with E-state index in [4.69, 9.17) is 10.2 Å². The topological polar surface area (TPSA) is 80.9 Å². The van der Waals surface area contributed by atoms with Crippen molar-refractivity contribution in [1.82, 2.24) is 0 Å². The molecule has 0 fully saturated rings. The summed E-state index contributed by atoms with van der Waals surface area (Å²) in [5, 5.41) is 36.6. The van der Waals surface area contributed by atoms with Crippen LogP contribution in [-0.2, 0) is 0 Å². The van der Waals surface area contributed by atoms with E-state index in [0.717, 1.165) is 0 Å². The minimum Gasteiger partial charge on any atom is -0.504 e. The first kappa shape index (κ1) is 9.41. The summed E-state index contributed by atoms with van der Waals surface area (Å²) in [5.41, 5.74) is 0.102. The SMILES string of the molecule is C=CC(O)c1ccc(O)c(O)c1O. The molecule has 13 heavy (non-hydrogen) atoms. The summed E-state index contributed by atoms with van der Waals surface area (Å²) in [6.45, 7) is 3.32. The van der Waals surface area contributed by atoms with Gasteiger partial charge >= 0.3 is 0 Å². The molecule has 4 N–H and O–H groups in total. The predicted molar refractivity (Wildman–Crippen MR) is 46.6 cm³/mol. The predicted octanol–water partition coefficient (Wildman–Crippen LogP) is 1.02. The lowest BCUT2D eigenvalue weighted by atomic mass is 10.1. The molecule has 0 heterocycles. The van der Waals surface area contributed by atoms with E-state index in [0.29, 0.717) is 0 Å². The number of phenols is 3. The molecule has 0 aliphatic heterocycles. The number of hydrogen-bond acceptors (Lipinski definition) is 4. The first-order valence-electron chi connectivity index (χ1n) is 3.62. The largest absolute Gasteiger partial charge is 0.504 e. The maximum absolute atomic E-state index is 9.26. The summed E-state index contributed by atoms with van der Waals surface area (Å²) in [6, 6.07) is 2.48. The molecule has 1 atom stereocenters. The van der Waals surface area contributed by atoms with Gasteiger partial charge in [0.1, 0.15) is 6.10 Å². The van der Waals surface area contributed by atoms with Gasteiger partial charge in [-0.15, -0.1) is 6.58 Å². The minimum absolute atomic E-state index is 0.102. The van der Waals surface area contributed by atoms with Gasteiger partial charge in [0.05, 0.1) is 0 Å². The summed E-state index contributed by atoms with van der Waals surface area (Å²) in [6.07, 6.45) is 0.137. The highest BCUT2D eigenvalue weighted by molar-refractivity contribution is 5.54. The van der Waals surface area contributed by atoms with Gasteiger partial charge in [0.25, 0.3) is 0 Å². The molecule has 1 rings (SSSR count).